The third-order valence-electron chi connectivity index (χ3n) is 6.82. The summed E-state index contributed by atoms with van der Waals surface area (Å²) >= 11 is 0. The van der Waals surface area contributed by atoms with E-state index in [4.69, 9.17) is 30.7 Å². The van der Waals surface area contributed by atoms with Gasteiger partial charge in [0.1, 0.15) is 12.2 Å². The fourth-order valence-corrected chi connectivity index (χ4v) is 4.79. The average molecular weight is 562 g/mol. The molecule has 12 nitrogen and oxygen atoms in total. The van der Waals surface area contributed by atoms with Crippen molar-refractivity contribution in [3.63, 3.8) is 0 Å². The van der Waals surface area contributed by atoms with Crippen LogP contribution in [-0.4, -0.2) is 67.3 Å². The largest absolute Gasteiger partial charge is 0.492 e. The lowest BCUT2D eigenvalue weighted by atomic mass is 9.85. The molecule has 2 aliphatic rings. The minimum atomic E-state index is -1.32. The highest BCUT2D eigenvalue weighted by Crippen LogP contribution is 2.30. The van der Waals surface area contributed by atoms with E-state index in [1.807, 2.05) is 13.8 Å². The van der Waals surface area contributed by atoms with Gasteiger partial charge in [0, 0.05) is 30.2 Å². The van der Waals surface area contributed by atoms with Crippen LogP contribution in [0.1, 0.15) is 40.5 Å². The number of nitrogens with one attached hydrogen (secondary N) is 1. The molecule has 0 aromatic rings. The van der Waals surface area contributed by atoms with Gasteiger partial charge in [-0.15, -0.1) is 0 Å². The highest BCUT2D eigenvalue weighted by molar-refractivity contribution is 6.23. The third-order valence-corrected chi connectivity index (χ3v) is 6.82. The molecule has 1 heterocycles. The van der Waals surface area contributed by atoms with E-state index in [1.165, 1.54) is 39.4 Å². The minimum Gasteiger partial charge on any atom is -0.492 e. The van der Waals surface area contributed by atoms with Gasteiger partial charge in [0.15, 0.2) is 11.9 Å². The molecule has 1 aliphatic carbocycles. The van der Waals surface area contributed by atoms with Crippen molar-refractivity contribution in [1.29, 1.82) is 0 Å². The zero-order chi connectivity index (χ0) is 30.1. The Morgan fingerprint density at radius 1 is 1.15 bits per heavy atom. The molecule has 40 heavy (non-hydrogen) atoms. The van der Waals surface area contributed by atoms with Crippen LogP contribution in [0.2, 0.25) is 0 Å². The number of methoxy groups -OCH3 is 2. The Labute approximate surface area is 233 Å². The van der Waals surface area contributed by atoms with Gasteiger partial charge in [0.05, 0.1) is 18.9 Å². The number of hydrogen-bond acceptors (Lipinski definition) is 10. The summed E-state index contributed by atoms with van der Waals surface area (Å²) in [4.78, 5) is 55.7. The van der Waals surface area contributed by atoms with Gasteiger partial charge in [-0.2, -0.15) is 0 Å². The molecule has 2 rings (SSSR count). The number of nitrogens with two attached hydrogens (primary N) is 2. The lowest BCUT2D eigenvalue weighted by molar-refractivity contribution is -0.120. The number of rotatable bonds is 4. The zero-order valence-electron chi connectivity index (χ0n) is 23.6. The summed E-state index contributed by atoms with van der Waals surface area (Å²) in [7, 11) is 2.80. The SMILES string of the molecule is COC1=C2C[C@@H](C)C[C@H](OC)[C@H](ON)[C@@H](C)/C=C(\C)[C@H](OC(N)=O)[C@@H](O)/C=C\C=C(/C)C(=O)NC(=CC1=O)C2=O. The number of primary amides is 1. The van der Waals surface area contributed by atoms with Crippen LogP contribution in [0.5, 0.6) is 0 Å². The van der Waals surface area contributed by atoms with Gasteiger partial charge in [-0.05, 0) is 38.2 Å². The summed E-state index contributed by atoms with van der Waals surface area (Å²) in [5.74, 6) is 3.27. The zero-order valence-corrected chi connectivity index (χ0v) is 23.6. The molecule has 6 N–H and O–H groups in total. The number of allylic oxidation sites excluding steroid dienone is 4. The quantitative estimate of drug-likeness (QED) is 0.223. The van der Waals surface area contributed by atoms with Gasteiger partial charge in [-0.3, -0.25) is 19.2 Å². The Morgan fingerprint density at radius 2 is 1.82 bits per heavy atom. The molecule has 0 fully saturated rings. The Balaban J connectivity index is 2.60. The van der Waals surface area contributed by atoms with Crippen molar-refractivity contribution in [2.24, 2.45) is 23.5 Å². The maximum atomic E-state index is 13.3. The van der Waals surface area contributed by atoms with Crippen LogP contribution >= 0.6 is 0 Å². The van der Waals surface area contributed by atoms with Crippen LogP contribution in [0, 0.1) is 11.8 Å². The summed E-state index contributed by atoms with van der Waals surface area (Å²) in [6.07, 6.45) is 2.63. The van der Waals surface area contributed by atoms with E-state index in [0.717, 1.165) is 6.08 Å². The fraction of sp³-hybridized carbons (Fsp3) is 0.500. The van der Waals surface area contributed by atoms with Gasteiger partial charge in [0.25, 0.3) is 5.91 Å². The second-order valence-corrected chi connectivity index (χ2v) is 9.99. The number of aliphatic hydroxyl groups is 1. The molecular weight excluding hydrogens is 522 g/mol. The van der Waals surface area contributed by atoms with Crippen molar-refractivity contribution in [1.82, 2.24) is 5.32 Å². The van der Waals surface area contributed by atoms with Crippen molar-refractivity contribution in [2.45, 2.75) is 65.0 Å². The molecule has 0 spiro atoms. The van der Waals surface area contributed by atoms with Crippen molar-refractivity contribution in [2.75, 3.05) is 14.2 Å². The predicted octanol–water partition coefficient (Wildman–Crippen LogP) is 1.65. The Kier molecular flexibility index (Phi) is 12.0. The van der Waals surface area contributed by atoms with E-state index in [1.54, 1.807) is 13.0 Å². The Morgan fingerprint density at radius 3 is 2.40 bits per heavy atom. The van der Waals surface area contributed by atoms with E-state index in [9.17, 15) is 24.3 Å². The normalized spacial score (nSPS) is 32.7. The van der Waals surface area contributed by atoms with Crippen molar-refractivity contribution >= 4 is 23.6 Å². The van der Waals surface area contributed by atoms with Gasteiger partial charge >= 0.3 is 6.09 Å². The first kappa shape index (κ1) is 32.6. The maximum Gasteiger partial charge on any atom is 0.405 e. The number of ether oxygens (including phenoxy) is 3. The van der Waals surface area contributed by atoms with Crippen LogP contribution in [0.4, 0.5) is 4.79 Å². The highest BCUT2D eigenvalue weighted by atomic mass is 16.6. The molecule has 0 unspecified atom stereocenters. The molecule has 6 atom stereocenters. The first-order chi connectivity index (χ1) is 18.8. The van der Waals surface area contributed by atoms with Gasteiger partial charge in [-0.25, -0.2) is 10.7 Å². The van der Waals surface area contributed by atoms with Gasteiger partial charge in [-0.1, -0.05) is 38.2 Å². The first-order valence-electron chi connectivity index (χ1n) is 12.8. The summed E-state index contributed by atoms with van der Waals surface area (Å²) in [6.45, 7) is 6.84. The van der Waals surface area contributed by atoms with Crippen LogP contribution in [0.15, 0.2) is 58.6 Å². The fourth-order valence-electron chi connectivity index (χ4n) is 4.79. The molecule has 0 radical (unpaired) electrons. The average Bonchev–Trinajstić information content (AvgIpc) is 2.88. The van der Waals surface area contributed by atoms with Crippen LogP contribution < -0.4 is 16.9 Å². The van der Waals surface area contributed by atoms with Gasteiger partial charge < -0.3 is 30.4 Å². The van der Waals surface area contributed by atoms with Crippen molar-refractivity contribution in [3.05, 3.63) is 58.6 Å². The molecule has 2 amide bonds. The number of aliphatic hydroxyl groups excluding tert-OH is 1. The highest BCUT2D eigenvalue weighted by Gasteiger charge is 2.34. The number of carbonyl (C=O) groups excluding carboxylic acids is 4. The molecule has 220 valence electrons. The predicted molar refractivity (Wildman–Crippen MR) is 145 cm³/mol. The first-order valence-corrected chi connectivity index (χ1v) is 12.8. The monoisotopic (exact) mass is 561 g/mol. The standard InChI is InChI=1S/C28H39N3O9/c1-14-10-18-23(34)19(13-21(33)26(18)38-6)31-27(35)15(2)8-7-9-20(32)24(39-28(29)36)16(3)12-17(4)25(40-30)22(11-14)37-5/h7-9,12-14,17,20,22,24-25,32H,10-11,30H2,1-6H3,(H2,29,36)(H,31,35)/b9-7-,15-8+,16-12+/t14-,17+,20+,22+,24+,25-/m1/s1. The third kappa shape index (κ3) is 8.21. The maximum absolute atomic E-state index is 13.3. The Bertz CT molecular complexity index is 1150. The number of carbonyl (C=O) groups is 4. The molecular formula is C28H39N3O9. The van der Waals surface area contributed by atoms with Gasteiger partial charge in [0.2, 0.25) is 11.6 Å². The van der Waals surface area contributed by atoms with E-state index >= 15 is 0 Å². The second kappa shape index (κ2) is 14.7. The summed E-state index contributed by atoms with van der Waals surface area (Å²) < 4.78 is 16.1. The van der Waals surface area contributed by atoms with E-state index in [2.05, 4.69) is 5.32 Å². The van der Waals surface area contributed by atoms with Crippen LogP contribution in [0.3, 0.4) is 0 Å². The molecule has 1 aliphatic heterocycles. The van der Waals surface area contributed by atoms with E-state index in [0.29, 0.717) is 12.0 Å². The molecule has 2 bridgehead atoms. The smallest absolute Gasteiger partial charge is 0.405 e. The molecule has 0 saturated carbocycles. The number of Topliss-reactive ketones (excluding diaryl/α,β-unsaturated/α-hetero) is 1. The Hall–Kier alpha value is -3.58. The summed E-state index contributed by atoms with van der Waals surface area (Å²) in [5.41, 5.74) is 5.85. The summed E-state index contributed by atoms with van der Waals surface area (Å²) in [6, 6.07) is 0. The topological polar surface area (TPSA) is 190 Å². The van der Waals surface area contributed by atoms with Crippen molar-refractivity contribution in [3.8, 4) is 0 Å². The van der Waals surface area contributed by atoms with Crippen molar-refractivity contribution < 1.29 is 43.3 Å². The molecule has 0 aromatic carbocycles. The van der Waals surface area contributed by atoms with E-state index in [-0.39, 0.29) is 40.9 Å². The number of hydrogen-bond donors (Lipinski definition) is 4. The van der Waals surface area contributed by atoms with Crippen LogP contribution in [-0.2, 0) is 33.4 Å². The number of amides is 2. The second-order valence-electron chi connectivity index (χ2n) is 9.99. The lowest BCUT2D eigenvalue weighted by Gasteiger charge is -2.31. The lowest BCUT2D eigenvalue weighted by Crippen LogP contribution is -2.40. The molecule has 0 saturated heterocycles. The van der Waals surface area contributed by atoms with Crippen LogP contribution in [0.25, 0.3) is 0 Å². The molecule has 12 heteroatoms. The van der Waals surface area contributed by atoms with E-state index < -0.39 is 48.0 Å². The number of fused-ring (bicyclic) bond motifs is 2. The minimum absolute atomic E-state index is 0.0852. The summed E-state index contributed by atoms with van der Waals surface area (Å²) in [5, 5.41) is 13.3. The number of ketones is 2. The molecule has 0 aromatic heterocycles.